The molecule has 3 aromatic rings. The average molecular weight is 394 g/mol. The molecular formula is C23H20ClNO3. The minimum Gasteiger partial charge on any atom is -0.465 e. The van der Waals surface area contributed by atoms with Gasteiger partial charge in [-0.2, -0.15) is 0 Å². The fraction of sp³-hybridized carbons (Fsp3) is 0.130. The number of rotatable bonds is 6. The number of anilines is 1. The topological polar surface area (TPSA) is 55.4 Å². The minimum atomic E-state index is -0.519. The molecule has 0 aliphatic carbocycles. The number of hydrogen-bond donors (Lipinski definition) is 1. The lowest BCUT2D eigenvalue weighted by atomic mass is 9.99. The smallest absolute Gasteiger partial charge is 0.339 e. The van der Waals surface area contributed by atoms with Gasteiger partial charge in [-0.05, 0) is 48.2 Å². The van der Waals surface area contributed by atoms with Crippen molar-refractivity contribution in [2.75, 3.05) is 12.4 Å². The largest absolute Gasteiger partial charge is 0.465 e. The summed E-state index contributed by atoms with van der Waals surface area (Å²) in [6.07, 6.45) is 1.61. The molecule has 0 aliphatic heterocycles. The van der Waals surface area contributed by atoms with E-state index in [0.29, 0.717) is 11.3 Å². The van der Waals surface area contributed by atoms with E-state index in [1.807, 2.05) is 36.4 Å². The lowest BCUT2D eigenvalue weighted by Crippen LogP contribution is -2.15. The number of amides is 1. The first-order valence-corrected chi connectivity index (χ1v) is 9.27. The van der Waals surface area contributed by atoms with Crippen LogP contribution in [0.5, 0.6) is 0 Å². The molecule has 1 amide bonds. The monoisotopic (exact) mass is 393 g/mol. The Morgan fingerprint density at radius 1 is 0.893 bits per heavy atom. The lowest BCUT2D eigenvalue weighted by Gasteiger charge is -2.11. The zero-order valence-corrected chi connectivity index (χ0v) is 16.2. The van der Waals surface area contributed by atoms with Gasteiger partial charge in [0.2, 0.25) is 0 Å². The maximum absolute atomic E-state index is 12.8. The summed E-state index contributed by atoms with van der Waals surface area (Å²) in [7, 11) is 1.29. The molecule has 0 fully saturated rings. The molecule has 0 saturated heterocycles. The molecule has 0 unspecified atom stereocenters. The Kier molecular flexibility index (Phi) is 6.45. The maximum Gasteiger partial charge on any atom is 0.339 e. The van der Waals surface area contributed by atoms with Crippen LogP contribution in [0.15, 0.2) is 72.8 Å². The van der Waals surface area contributed by atoms with Gasteiger partial charge in [-0.1, -0.05) is 60.1 Å². The summed E-state index contributed by atoms with van der Waals surface area (Å²) in [6.45, 7) is 0. The van der Waals surface area contributed by atoms with Gasteiger partial charge in [-0.3, -0.25) is 4.79 Å². The van der Waals surface area contributed by atoms with Crippen LogP contribution in [0, 0.1) is 0 Å². The van der Waals surface area contributed by atoms with E-state index in [-0.39, 0.29) is 16.5 Å². The van der Waals surface area contributed by atoms with Gasteiger partial charge in [0.25, 0.3) is 5.91 Å². The summed E-state index contributed by atoms with van der Waals surface area (Å²) in [5.74, 6) is -0.736. The molecular weight excluding hydrogens is 374 g/mol. The first-order chi connectivity index (χ1) is 13.6. The van der Waals surface area contributed by atoms with Crippen molar-refractivity contribution in [1.82, 2.24) is 0 Å². The Labute approximate surface area is 169 Å². The standard InChI is InChI=1S/C23H20ClNO3/c1-28-23(27)20-14-13-18(15-21(20)24)25-22(26)19-10-6-5-9-17(19)12-11-16-7-3-2-4-8-16/h2-10,13-15H,11-12H2,1H3,(H,25,26). The van der Waals surface area contributed by atoms with Gasteiger partial charge in [-0.15, -0.1) is 0 Å². The molecule has 1 N–H and O–H groups in total. The number of nitrogens with one attached hydrogen (secondary N) is 1. The van der Waals surface area contributed by atoms with E-state index in [0.717, 1.165) is 18.4 Å². The molecule has 0 heterocycles. The van der Waals surface area contributed by atoms with E-state index in [2.05, 4.69) is 22.2 Å². The SMILES string of the molecule is COC(=O)c1ccc(NC(=O)c2ccccc2CCc2ccccc2)cc1Cl. The van der Waals surface area contributed by atoms with Crippen LogP contribution in [0.2, 0.25) is 5.02 Å². The fourth-order valence-corrected chi connectivity index (χ4v) is 3.21. The number of carbonyl (C=O) groups is 2. The van der Waals surface area contributed by atoms with Crippen LogP contribution in [0.1, 0.15) is 31.8 Å². The number of carbonyl (C=O) groups excluding carboxylic acids is 2. The maximum atomic E-state index is 12.8. The number of hydrogen-bond acceptors (Lipinski definition) is 3. The van der Waals surface area contributed by atoms with Gasteiger partial charge in [0.05, 0.1) is 17.7 Å². The highest BCUT2D eigenvalue weighted by molar-refractivity contribution is 6.34. The molecule has 3 aromatic carbocycles. The zero-order valence-electron chi connectivity index (χ0n) is 15.4. The molecule has 0 saturated carbocycles. The zero-order chi connectivity index (χ0) is 19.9. The molecule has 0 aromatic heterocycles. The first kappa shape index (κ1) is 19.6. The average Bonchev–Trinajstić information content (AvgIpc) is 2.72. The predicted octanol–water partition coefficient (Wildman–Crippen LogP) is 5.16. The number of ether oxygens (including phenoxy) is 1. The second kappa shape index (κ2) is 9.20. The van der Waals surface area contributed by atoms with Gasteiger partial charge in [0, 0.05) is 11.3 Å². The molecule has 5 heteroatoms. The number of methoxy groups -OCH3 is 1. The van der Waals surface area contributed by atoms with E-state index in [9.17, 15) is 9.59 Å². The fourth-order valence-electron chi connectivity index (χ4n) is 2.95. The minimum absolute atomic E-state index is 0.217. The van der Waals surface area contributed by atoms with E-state index in [4.69, 9.17) is 11.6 Å². The van der Waals surface area contributed by atoms with Crippen molar-refractivity contribution in [3.8, 4) is 0 Å². The Morgan fingerprint density at radius 3 is 2.32 bits per heavy atom. The van der Waals surface area contributed by atoms with Gasteiger partial charge in [0.15, 0.2) is 0 Å². The van der Waals surface area contributed by atoms with Crippen LogP contribution in [0.25, 0.3) is 0 Å². The highest BCUT2D eigenvalue weighted by Crippen LogP contribution is 2.23. The summed E-state index contributed by atoms with van der Waals surface area (Å²) >= 11 is 6.13. The number of aryl methyl sites for hydroxylation is 2. The molecule has 3 rings (SSSR count). The van der Waals surface area contributed by atoms with Crippen molar-refractivity contribution in [1.29, 1.82) is 0 Å². The Hall–Kier alpha value is -3.11. The van der Waals surface area contributed by atoms with Crippen molar-refractivity contribution < 1.29 is 14.3 Å². The van der Waals surface area contributed by atoms with E-state index in [1.54, 1.807) is 12.1 Å². The van der Waals surface area contributed by atoms with E-state index >= 15 is 0 Å². The first-order valence-electron chi connectivity index (χ1n) is 8.89. The Morgan fingerprint density at radius 2 is 1.61 bits per heavy atom. The summed E-state index contributed by atoms with van der Waals surface area (Å²) in [5.41, 5.74) is 3.58. The van der Waals surface area contributed by atoms with Crippen LogP contribution < -0.4 is 5.32 Å². The van der Waals surface area contributed by atoms with Crippen LogP contribution in [0.3, 0.4) is 0 Å². The molecule has 0 bridgehead atoms. The molecule has 0 radical (unpaired) electrons. The number of halogens is 1. The van der Waals surface area contributed by atoms with Crippen molar-refractivity contribution in [2.45, 2.75) is 12.8 Å². The number of esters is 1. The highest BCUT2D eigenvalue weighted by Gasteiger charge is 2.14. The second-order valence-electron chi connectivity index (χ2n) is 6.28. The third kappa shape index (κ3) is 4.78. The summed E-state index contributed by atoms with van der Waals surface area (Å²) in [6, 6.07) is 22.4. The summed E-state index contributed by atoms with van der Waals surface area (Å²) in [4.78, 5) is 24.4. The molecule has 0 aliphatic rings. The van der Waals surface area contributed by atoms with E-state index in [1.165, 1.54) is 24.8 Å². The van der Waals surface area contributed by atoms with Crippen LogP contribution in [-0.2, 0) is 17.6 Å². The van der Waals surface area contributed by atoms with Gasteiger partial charge in [0.1, 0.15) is 0 Å². The molecule has 4 nitrogen and oxygen atoms in total. The van der Waals surface area contributed by atoms with Crippen molar-refractivity contribution >= 4 is 29.2 Å². The van der Waals surface area contributed by atoms with Crippen molar-refractivity contribution in [3.63, 3.8) is 0 Å². The van der Waals surface area contributed by atoms with Gasteiger partial charge >= 0.3 is 5.97 Å². The van der Waals surface area contributed by atoms with Crippen LogP contribution in [0.4, 0.5) is 5.69 Å². The predicted molar refractivity (Wildman–Crippen MR) is 111 cm³/mol. The van der Waals surface area contributed by atoms with E-state index < -0.39 is 5.97 Å². The van der Waals surface area contributed by atoms with Gasteiger partial charge < -0.3 is 10.1 Å². The molecule has 0 spiro atoms. The van der Waals surface area contributed by atoms with Gasteiger partial charge in [-0.25, -0.2) is 4.79 Å². The number of benzene rings is 3. The van der Waals surface area contributed by atoms with Crippen molar-refractivity contribution in [2.24, 2.45) is 0 Å². The van der Waals surface area contributed by atoms with Crippen LogP contribution >= 0.6 is 11.6 Å². The van der Waals surface area contributed by atoms with Crippen LogP contribution in [-0.4, -0.2) is 19.0 Å². The molecule has 142 valence electrons. The molecule has 0 atom stereocenters. The summed E-state index contributed by atoms with van der Waals surface area (Å²) in [5, 5.41) is 3.07. The third-order valence-corrected chi connectivity index (χ3v) is 4.73. The lowest BCUT2D eigenvalue weighted by molar-refractivity contribution is 0.0601. The highest BCUT2D eigenvalue weighted by atomic mass is 35.5. The third-order valence-electron chi connectivity index (χ3n) is 4.42. The Bertz CT molecular complexity index is 986. The summed E-state index contributed by atoms with van der Waals surface area (Å²) < 4.78 is 4.68. The Balaban J connectivity index is 1.74. The quantitative estimate of drug-likeness (QED) is 0.588. The second-order valence-corrected chi connectivity index (χ2v) is 6.69. The van der Waals surface area contributed by atoms with Crippen molar-refractivity contribution in [3.05, 3.63) is 100 Å². The molecule has 28 heavy (non-hydrogen) atoms. The normalized spacial score (nSPS) is 10.4.